The van der Waals surface area contributed by atoms with Crippen molar-refractivity contribution in [2.75, 3.05) is 49.0 Å². The minimum atomic E-state index is -0.984. The molecule has 3 rings (SSSR count). The second-order valence-electron chi connectivity index (χ2n) is 9.83. The Hall–Kier alpha value is -3.21. The van der Waals surface area contributed by atoms with E-state index in [9.17, 15) is 4.79 Å². The van der Waals surface area contributed by atoms with Gasteiger partial charge in [0.2, 0.25) is 5.95 Å². The van der Waals surface area contributed by atoms with Crippen LogP contribution in [0.15, 0.2) is 12.3 Å². The number of ether oxygens (including phenoxy) is 2. The van der Waals surface area contributed by atoms with Gasteiger partial charge >= 0.3 is 6.03 Å². The first-order valence-electron chi connectivity index (χ1n) is 13.2. The highest BCUT2D eigenvalue weighted by Crippen LogP contribution is 2.40. The molecule has 1 aromatic heterocycles. The molecule has 1 N–H and O–H groups in total. The number of rotatable bonds is 13. The zero-order valence-corrected chi connectivity index (χ0v) is 23.5. The second kappa shape index (κ2) is 13.0. The molecule has 0 saturated carbocycles. The number of urea groups is 1. The van der Waals surface area contributed by atoms with Crippen LogP contribution in [0.1, 0.15) is 59.4 Å². The predicted molar refractivity (Wildman–Crippen MR) is 145 cm³/mol. The molecule has 2 heterocycles. The Morgan fingerprint density at radius 1 is 1.05 bits per heavy atom. The number of methoxy groups -OCH3 is 2. The predicted octanol–water partition coefficient (Wildman–Crippen LogP) is 5.44. The lowest BCUT2D eigenvalue weighted by Gasteiger charge is -2.36. The summed E-state index contributed by atoms with van der Waals surface area (Å²) in [5.74, 6) is -1.58. The number of hydrogen-bond donors (Lipinski definition) is 1. The Bertz CT molecular complexity index is 1080. The second-order valence-corrected chi connectivity index (χ2v) is 9.83. The van der Waals surface area contributed by atoms with Crippen molar-refractivity contribution in [3.63, 3.8) is 0 Å². The van der Waals surface area contributed by atoms with Crippen LogP contribution in [0, 0.1) is 11.6 Å². The van der Waals surface area contributed by atoms with Crippen LogP contribution < -0.4 is 24.6 Å². The van der Waals surface area contributed by atoms with Crippen molar-refractivity contribution in [3.8, 4) is 11.5 Å². The smallest absolute Gasteiger partial charge is 0.330 e. The quantitative estimate of drug-likeness (QED) is 0.343. The lowest BCUT2D eigenvalue weighted by atomic mass is 10.1. The van der Waals surface area contributed by atoms with Crippen LogP contribution in [0.2, 0.25) is 0 Å². The summed E-state index contributed by atoms with van der Waals surface area (Å²) in [5, 5.41) is 3.24. The Morgan fingerprint density at radius 3 is 2.24 bits per heavy atom. The van der Waals surface area contributed by atoms with Crippen LogP contribution in [0.3, 0.4) is 0 Å². The molecule has 9 nitrogen and oxygen atoms in total. The molecular weight excluding hydrogens is 494 g/mol. The molecule has 0 unspecified atom stereocenters. The molecule has 2 amide bonds. The van der Waals surface area contributed by atoms with Crippen molar-refractivity contribution in [1.82, 2.24) is 14.9 Å². The molecule has 0 radical (unpaired) electrons. The topological polar surface area (TPSA) is 83.1 Å². The molecule has 0 aliphatic carbocycles. The monoisotopic (exact) mass is 534 g/mol. The Labute approximate surface area is 224 Å². The average Bonchev–Trinajstić information content (AvgIpc) is 2.88. The maximum atomic E-state index is 15.2. The minimum absolute atomic E-state index is 0.0999. The highest BCUT2D eigenvalue weighted by atomic mass is 19.1. The molecule has 1 aromatic carbocycles. The number of aromatic nitrogens is 2. The average molecular weight is 535 g/mol. The Kier molecular flexibility index (Phi) is 10.1. The summed E-state index contributed by atoms with van der Waals surface area (Å²) < 4.78 is 40.4. The van der Waals surface area contributed by atoms with E-state index in [1.165, 1.54) is 19.1 Å². The van der Waals surface area contributed by atoms with Gasteiger partial charge in [-0.05, 0) is 54.0 Å². The fraction of sp³-hybridized carbons (Fsp3) is 0.593. The molecule has 1 aliphatic heterocycles. The van der Waals surface area contributed by atoms with Crippen LogP contribution >= 0.6 is 0 Å². The van der Waals surface area contributed by atoms with E-state index in [1.54, 1.807) is 13.1 Å². The molecule has 0 saturated heterocycles. The number of amides is 2. The number of fused-ring (bicyclic) bond motifs is 1. The Balaban J connectivity index is 1.71. The summed E-state index contributed by atoms with van der Waals surface area (Å²) in [5.41, 5.74) is 0.0334. The van der Waals surface area contributed by atoms with E-state index in [1.807, 2.05) is 0 Å². The first kappa shape index (κ1) is 29.3. The number of halogens is 2. The van der Waals surface area contributed by atoms with Gasteiger partial charge in [0.05, 0.1) is 20.8 Å². The van der Waals surface area contributed by atoms with E-state index in [2.05, 4.69) is 47.9 Å². The van der Waals surface area contributed by atoms with Gasteiger partial charge in [-0.25, -0.2) is 18.6 Å². The van der Waals surface area contributed by atoms with Crippen molar-refractivity contribution in [1.29, 1.82) is 0 Å². The van der Waals surface area contributed by atoms with Crippen molar-refractivity contribution in [2.45, 2.75) is 72.5 Å². The summed E-state index contributed by atoms with van der Waals surface area (Å²) in [6.45, 7) is 12.6. The van der Waals surface area contributed by atoms with E-state index in [-0.39, 0.29) is 24.6 Å². The number of carbonyl (C=O) groups excluding carboxylic acids is 1. The summed E-state index contributed by atoms with van der Waals surface area (Å²) >= 11 is 0. The van der Waals surface area contributed by atoms with Gasteiger partial charge in [0, 0.05) is 43.0 Å². The van der Waals surface area contributed by atoms with Gasteiger partial charge in [-0.1, -0.05) is 6.42 Å². The molecule has 2 aromatic rings. The lowest BCUT2D eigenvalue weighted by molar-refractivity contribution is 0.171. The zero-order chi connectivity index (χ0) is 28.0. The molecule has 11 heteroatoms. The van der Waals surface area contributed by atoms with Crippen LogP contribution in [0.25, 0.3) is 0 Å². The number of hydrogen-bond acceptors (Lipinski definition) is 7. The van der Waals surface area contributed by atoms with Gasteiger partial charge in [-0.15, -0.1) is 0 Å². The summed E-state index contributed by atoms with van der Waals surface area (Å²) in [6.07, 6.45) is 4.73. The molecule has 0 bridgehead atoms. The SMILES string of the molecule is CCN1C(=O)N(c2c(F)c(OC)cc(OC)c2F)Cc2cnc(NCCCCCN(C(C)C)C(C)C)nc21. The van der Waals surface area contributed by atoms with E-state index in [4.69, 9.17) is 9.47 Å². The van der Waals surface area contributed by atoms with E-state index in [0.29, 0.717) is 36.0 Å². The fourth-order valence-electron chi connectivity index (χ4n) is 4.78. The summed E-state index contributed by atoms with van der Waals surface area (Å²) in [7, 11) is 2.53. The standard InChI is InChI=1S/C27H40F2N6O3/c1-8-33-25-19(15-31-26(32-25)30-12-10-9-11-13-34(17(2)3)18(4)5)16-35(27(33)36)24-22(28)20(37-6)14-21(38-7)23(24)29/h14-15,17-18H,8-13,16H2,1-7H3,(H,30,31,32). The maximum absolute atomic E-state index is 15.2. The van der Waals surface area contributed by atoms with Gasteiger partial charge in [-0.2, -0.15) is 4.98 Å². The van der Waals surface area contributed by atoms with Crippen LogP contribution in [-0.4, -0.2) is 66.8 Å². The first-order valence-corrected chi connectivity index (χ1v) is 13.2. The van der Waals surface area contributed by atoms with Gasteiger partial charge in [0.25, 0.3) is 0 Å². The molecule has 38 heavy (non-hydrogen) atoms. The molecule has 0 atom stereocenters. The minimum Gasteiger partial charge on any atom is -0.493 e. The summed E-state index contributed by atoms with van der Waals surface area (Å²) in [4.78, 5) is 27.2. The molecule has 1 aliphatic rings. The van der Waals surface area contributed by atoms with Crippen molar-refractivity contribution in [3.05, 3.63) is 29.5 Å². The van der Waals surface area contributed by atoms with Crippen molar-refractivity contribution < 1.29 is 23.0 Å². The summed E-state index contributed by atoms with van der Waals surface area (Å²) in [6, 6.07) is 1.56. The number of carbonyl (C=O) groups is 1. The van der Waals surface area contributed by atoms with Crippen molar-refractivity contribution >= 4 is 23.5 Å². The molecule has 0 fully saturated rings. The van der Waals surface area contributed by atoms with Gasteiger partial charge in [0.15, 0.2) is 23.1 Å². The van der Waals surface area contributed by atoms with E-state index in [0.717, 1.165) is 36.8 Å². The third-order valence-electron chi connectivity index (χ3n) is 6.73. The third kappa shape index (κ3) is 6.25. The zero-order valence-electron chi connectivity index (χ0n) is 23.5. The van der Waals surface area contributed by atoms with Crippen LogP contribution in [0.5, 0.6) is 11.5 Å². The van der Waals surface area contributed by atoms with Crippen LogP contribution in [0.4, 0.5) is 31.0 Å². The van der Waals surface area contributed by atoms with E-state index >= 15 is 8.78 Å². The number of nitrogens with zero attached hydrogens (tertiary/aromatic N) is 5. The molecule has 0 spiro atoms. The lowest BCUT2D eigenvalue weighted by Crippen LogP contribution is -2.48. The number of unbranched alkanes of at least 4 members (excludes halogenated alkanes) is 2. The van der Waals surface area contributed by atoms with Crippen LogP contribution in [-0.2, 0) is 6.54 Å². The number of anilines is 3. The number of nitrogens with one attached hydrogen (secondary N) is 1. The molecule has 210 valence electrons. The first-order chi connectivity index (χ1) is 18.1. The fourth-order valence-corrected chi connectivity index (χ4v) is 4.78. The van der Waals surface area contributed by atoms with E-state index < -0.39 is 23.4 Å². The van der Waals surface area contributed by atoms with Gasteiger partial charge in [-0.3, -0.25) is 14.7 Å². The molecular formula is C27H40F2N6O3. The third-order valence-corrected chi connectivity index (χ3v) is 6.73. The number of benzene rings is 1. The van der Waals surface area contributed by atoms with Gasteiger partial charge in [0.1, 0.15) is 11.5 Å². The Morgan fingerprint density at radius 2 is 1.68 bits per heavy atom. The van der Waals surface area contributed by atoms with Gasteiger partial charge < -0.3 is 14.8 Å². The highest BCUT2D eigenvalue weighted by Gasteiger charge is 2.37. The normalized spacial score (nSPS) is 13.5. The highest BCUT2D eigenvalue weighted by molar-refractivity contribution is 6.05. The maximum Gasteiger partial charge on any atom is 0.330 e. The largest absolute Gasteiger partial charge is 0.493 e. The van der Waals surface area contributed by atoms with Crippen molar-refractivity contribution in [2.24, 2.45) is 0 Å².